The molecule has 78 valence electrons. The summed E-state index contributed by atoms with van der Waals surface area (Å²) in [4.78, 5) is 0. The molecular weight excluding hydrogens is 240 g/mol. The molecule has 1 nitrogen and oxygen atoms in total. The fourth-order valence-electron chi connectivity index (χ4n) is 1.11. The zero-order valence-corrected chi connectivity index (χ0v) is 9.87. The largest absolute Gasteiger partial charge is 0.324 e. The molecule has 14 heavy (non-hydrogen) atoms. The highest BCUT2D eigenvalue weighted by Crippen LogP contribution is 2.30. The smallest absolute Gasteiger partial charge is 0.0640 e. The predicted molar refractivity (Wildman–Crippen MR) is 65.5 cm³/mol. The third kappa shape index (κ3) is 3.18. The fraction of sp³-hybridized carbons (Fsp3) is 0.200. The first-order valence-corrected chi connectivity index (χ1v) is 4.72. The van der Waals surface area contributed by atoms with E-state index in [2.05, 4.69) is 6.58 Å². The van der Waals surface area contributed by atoms with Crippen LogP contribution in [0.15, 0.2) is 30.9 Å². The van der Waals surface area contributed by atoms with Gasteiger partial charge in [0, 0.05) is 6.04 Å². The Kier molecular flexibility index (Phi) is 6.21. The molecular formula is C10H12Cl3N. The van der Waals surface area contributed by atoms with Gasteiger partial charge >= 0.3 is 0 Å². The highest BCUT2D eigenvalue weighted by atomic mass is 35.5. The molecule has 0 aliphatic rings. The maximum atomic E-state index is 5.98. The second-order valence-corrected chi connectivity index (χ2v) is 3.56. The molecule has 0 fully saturated rings. The molecule has 1 aromatic rings. The van der Waals surface area contributed by atoms with Crippen LogP contribution in [0.2, 0.25) is 10.0 Å². The third-order valence-electron chi connectivity index (χ3n) is 1.80. The molecule has 0 saturated heterocycles. The van der Waals surface area contributed by atoms with E-state index in [4.69, 9.17) is 28.9 Å². The number of hydrogen-bond acceptors (Lipinski definition) is 1. The van der Waals surface area contributed by atoms with E-state index in [1.165, 1.54) is 0 Å². The molecule has 0 radical (unpaired) electrons. The molecule has 0 unspecified atom stereocenters. The Bertz CT molecular complexity index is 312. The number of nitrogens with two attached hydrogens (primary N) is 1. The minimum absolute atomic E-state index is 0. The standard InChI is InChI=1S/C10H11Cl2N.ClH/c1-2-4-9(13)7-5-3-6-8(11)10(7)12;/h2-3,5-6,9H,1,4,13H2;1H/t9-;/m0./s1. The van der Waals surface area contributed by atoms with Gasteiger partial charge < -0.3 is 5.73 Å². The Labute approximate surface area is 100 Å². The van der Waals surface area contributed by atoms with Gasteiger partial charge in [0.25, 0.3) is 0 Å². The van der Waals surface area contributed by atoms with Crippen molar-refractivity contribution in [2.24, 2.45) is 5.73 Å². The molecule has 0 bridgehead atoms. The van der Waals surface area contributed by atoms with E-state index in [-0.39, 0.29) is 18.4 Å². The SMILES string of the molecule is C=CC[C@H](N)c1cccc(Cl)c1Cl.Cl. The van der Waals surface area contributed by atoms with Gasteiger partial charge in [0.2, 0.25) is 0 Å². The first-order chi connectivity index (χ1) is 6.16. The van der Waals surface area contributed by atoms with Gasteiger partial charge in [-0.15, -0.1) is 19.0 Å². The Morgan fingerprint density at radius 1 is 1.43 bits per heavy atom. The van der Waals surface area contributed by atoms with Crippen LogP contribution in [0.5, 0.6) is 0 Å². The van der Waals surface area contributed by atoms with E-state index >= 15 is 0 Å². The third-order valence-corrected chi connectivity index (χ3v) is 2.64. The van der Waals surface area contributed by atoms with E-state index in [0.717, 1.165) is 5.56 Å². The van der Waals surface area contributed by atoms with Crippen molar-refractivity contribution < 1.29 is 0 Å². The molecule has 0 amide bonds. The monoisotopic (exact) mass is 251 g/mol. The van der Waals surface area contributed by atoms with E-state index < -0.39 is 0 Å². The summed E-state index contributed by atoms with van der Waals surface area (Å²) in [6, 6.07) is 5.34. The summed E-state index contributed by atoms with van der Waals surface area (Å²) >= 11 is 11.8. The van der Waals surface area contributed by atoms with E-state index in [9.17, 15) is 0 Å². The first-order valence-electron chi connectivity index (χ1n) is 3.97. The summed E-state index contributed by atoms with van der Waals surface area (Å²) in [6.45, 7) is 3.62. The number of halogens is 3. The normalized spacial score (nSPS) is 11.6. The summed E-state index contributed by atoms with van der Waals surface area (Å²) in [6.07, 6.45) is 2.46. The Morgan fingerprint density at radius 3 is 2.64 bits per heavy atom. The van der Waals surface area contributed by atoms with Gasteiger partial charge in [-0.1, -0.05) is 41.4 Å². The lowest BCUT2D eigenvalue weighted by molar-refractivity contribution is 0.742. The lowest BCUT2D eigenvalue weighted by atomic mass is 10.1. The van der Waals surface area contributed by atoms with Crippen molar-refractivity contribution in [2.45, 2.75) is 12.5 Å². The topological polar surface area (TPSA) is 26.0 Å². The fourth-order valence-corrected chi connectivity index (χ4v) is 1.56. The predicted octanol–water partition coefficient (Wildman–Crippen LogP) is 3.99. The zero-order chi connectivity index (χ0) is 9.84. The molecule has 1 atom stereocenters. The van der Waals surface area contributed by atoms with Gasteiger partial charge in [-0.3, -0.25) is 0 Å². The second-order valence-electron chi connectivity index (χ2n) is 2.77. The second kappa shape index (κ2) is 6.31. The quantitative estimate of drug-likeness (QED) is 0.809. The average molecular weight is 253 g/mol. The number of hydrogen-bond donors (Lipinski definition) is 1. The highest BCUT2D eigenvalue weighted by Gasteiger charge is 2.10. The lowest BCUT2D eigenvalue weighted by Crippen LogP contribution is -2.09. The first kappa shape index (κ1) is 13.8. The van der Waals surface area contributed by atoms with Crippen LogP contribution in [0.3, 0.4) is 0 Å². The van der Waals surface area contributed by atoms with Crippen molar-refractivity contribution in [1.82, 2.24) is 0 Å². The van der Waals surface area contributed by atoms with Crippen molar-refractivity contribution in [3.05, 3.63) is 46.5 Å². The molecule has 1 rings (SSSR count). The van der Waals surface area contributed by atoms with E-state index in [1.54, 1.807) is 12.1 Å². The van der Waals surface area contributed by atoms with Crippen LogP contribution >= 0.6 is 35.6 Å². The van der Waals surface area contributed by atoms with Crippen molar-refractivity contribution in [2.75, 3.05) is 0 Å². The Balaban J connectivity index is 0.00000169. The van der Waals surface area contributed by atoms with Gasteiger partial charge in [-0.05, 0) is 18.1 Å². The van der Waals surface area contributed by atoms with Gasteiger partial charge in [0.15, 0.2) is 0 Å². The summed E-state index contributed by atoms with van der Waals surface area (Å²) in [5.74, 6) is 0. The minimum atomic E-state index is -0.122. The average Bonchev–Trinajstić information content (AvgIpc) is 2.10. The van der Waals surface area contributed by atoms with Crippen LogP contribution in [-0.2, 0) is 0 Å². The van der Waals surface area contributed by atoms with E-state index in [1.807, 2.05) is 12.1 Å². The Hall–Kier alpha value is -0.210. The summed E-state index contributed by atoms with van der Waals surface area (Å²) in [5.41, 5.74) is 6.73. The minimum Gasteiger partial charge on any atom is -0.324 e. The van der Waals surface area contributed by atoms with Crippen LogP contribution in [-0.4, -0.2) is 0 Å². The number of rotatable bonds is 3. The molecule has 2 N–H and O–H groups in total. The van der Waals surface area contributed by atoms with E-state index in [0.29, 0.717) is 16.5 Å². The molecule has 0 spiro atoms. The van der Waals surface area contributed by atoms with Gasteiger partial charge in [0.1, 0.15) is 0 Å². The number of benzene rings is 1. The zero-order valence-electron chi connectivity index (χ0n) is 7.54. The lowest BCUT2D eigenvalue weighted by Gasteiger charge is -2.11. The van der Waals surface area contributed by atoms with Crippen LogP contribution in [0, 0.1) is 0 Å². The summed E-state index contributed by atoms with van der Waals surface area (Å²) in [7, 11) is 0. The van der Waals surface area contributed by atoms with Gasteiger partial charge in [-0.25, -0.2) is 0 Å². The summed E-state index contributed by atoms with van der Waals surface area (Å²) < 4.78 is 0. The van der Waals surface area contributed by atoms with Gasteiger partial charge in [-0.2, -0.15) is 0 Å². The molecule has 0 aliphatic carbocycles. The van der Waals surface area contributed by atoms with Crippen LogP contribution in [0.25, 0.3) is 0 Å². The maximum absolute atomic E-state index is 5.98. The van der Waals surface area contributed by atoms with Crippen molar-refractivity contribution >= 4 is 35.6 Å². The molecule has 0 heterocycles. The molecule has 4 heteroatoms. The highest BCUT2D eigenvalue weighted by molar-refractivity contribution is 6.42. The molecule has 0 saturated carbocycles. The van der Waals surface area contributed by atoms with Crippen LogP contribution in [0.1, 0.15) is 18.0 Å². The van der Waals surface area contributed by atoms with Crippen molar-refractivity contribution in [3.8, 4) is 0 Å². The maximum Gasteiger partial charge on any atom is 0.0640 e. The van der Waals surface area contributed by atoms with Crippen molar-refractivity contribution in [1.29, 1.82) is 0 Å². The molecule has 0 aromatic heterocycles. The Morgan fingerprint density at radius 2 is 2.07 bits per heavy atom. The van der Waals surface area contributed by atoms with Crippen LogP contribution < -0.4 is 5.73 Å². The van der Waals surface area contributed by atoms with Crippen LogP contribution in [0.4, 0.5) is 0 Å². The van der Waals surface area contributed by atoms with Gasteiger partial charge in [0.05, 0.1) is 10.0 Å². The van der Waals surface area contributed by atoms with Crippen molar-refractivity contribution in [3.63, 3.8) is 0 Å². The molecule has 1 aromatic carbocycles. The molecule has 0 aliphatic heterocycles. The summed E-state index contributed by atoms with van der Waals surface area (Å²) in [5, 5.41) is 1.08.